The van der Waals surface area contributed by atoms with Gasteiger partial charge >= 0.3 is 0 Å². The Bertz CT molecular complexity index is 1790. The zero-order chi connectivity index (χ0) is 29.0. The molecule has 2 N–H and O–H groups in total. The van der Waals surface area contributed by atoms with Crippen molar-refractivity contribution in [2.45, 2.75) is 46.1 Å². The Morgan fingerprint density at radius 1 is 1.22 bits per heavy atom. The Kier molecular flexibility index (Phi) is 6.74. The van der Waals surface area contributed by atoms with Gasteiger partial charge in [0.15, 0.2) is 5.82 Å². The number of carbonyl (C=O) groups is 1. The lowest BCUT2D eigenvalue weighted by molar-refractivity contribution is 0.0663. The quantitative estimate of drug-likeness (QED) is 0.334. The van der Waals surface area contributed by atoms with Gasteiger partial charge in [0.2, 0.25) is 5.88 Å². The molecule has 0 unspecified atom stereocenters. The summed E-state index contributed by atoms with van der Waals surface area (Å²) in [5, 5.41) is 27.9. The molecule has 214 valence electrons. The molecular formula is C29H32FN7O4. The summed E-state index contributed by atoms with van der Waals surface area (Å²) in [6, 6.07) is 8.85. The first-order chi connectivity index (χ1) is 19.7. The second kappa shape index (κ2) is 10.3. The SMILES string of the molecule is CCN1C[C@H](C)Oc2c(c(COC)nn2C)-c2cc(F)c3n[nH]c(c3c2)-c2ccc3nn(C[C@H](C)O)c(c3c2)C1=O. The van der Waals surface area contributed by atoms with Gasteiger partial charge in [0.05, 0.1) is 48.3 Å². The maximum Gasteiger partial charge on any atom is 0.272 e. The number of H-pyrrole nitrogens is 1. The molecule has 3 aromatic heterocycles. The van der Waals surface area contributed by atoms with Crippen LogP contribution in [0.5, 0.6) is 5.88 Å². The van der Waals surface area contributed by atoms with Gasteiger partial charge in [-0.1, -0.05) is 6.07 Å². The van der Waals surface area contributed by atoms with Crippen LogP contribution in [-0.2, 0) is 24.9 Å². The van der Waals surface area contributed by atoms with Gasteiger partial charge in [0, 0.05) is 37.0 Å². The predicted octanol–water partition coefficient (Wildman–Crippen LogP) is 3.89. The van der Waals surface area contributed by atoms with Gasteiger partial charge in [-0.3, -0.25) is 14.6 Å². The van der Waals surface area contributed by atoms with Crippen molar-refractivity contribution in [3.05, 3.63) is 47.5 Å². The van der Waals surface area contributed by atoms with Crippen molar-refractivity contribution in [3.63, 3.8) is 0 Å². The van der Waals surface area contributed by atoms with E-state index in [0.29, 0.717) is 62.5 Å². The van der Waals surface area contributed by atoms with Crippen LogP contribution in [-0.4, -0.2) is 78.1 Å². The summed E-state index contributed by atoms with van der Waals surface area (Å²) in [5.74, 6) is -0.284. The highest BCUT2D eigenvalue weighted by Crippen LogP contribution is 2.39. The Labute approximate surface area is 235 Å². The molecule has 2 aromatic carbocycles. The number of aromatic nitrogens is 6. The number of aryl methyl sites for hydroxylation is 1. The molecule has 2 atom stereocenters. The number of rotatable bonds is 5. The highest BCUT2D eigenvalue weighted by Gasteiger charge is 2.29. The maximum absolute atomic E-state index is 15.6. The van der Waals surface area contributed by atoms with Crippen LogP contribution in [0, 0.1) is 5.82 Å². The van der Waals surface area contributed by atoms with Crippen molar-refractivity contribution >= 4 is 27.7 Å². The molecule has 0 radical (unpaired) electrons. The third-order valence-corrected chi connectivity index (χ3v) is 7.37. The van der Waals surface area contributed by atoms with Crippen LogP contribution < -0.4 is 4.74 Å². The fourth-order valence-corrected chi connectivity index (χ4v) is 5.60. The molecule has 12 heteroatoms. The molecule has 1 aliphatic heterocycles. The number of nitrogens with zero attached hydrogens (tertiary/aromatic N) is 6. The van der Waals surface area contributed by atoms with E-state index in [2.05, 4.69) is 20.4 Å². The van der Waals surface area contributed by atoms with Crippen LogP contribution in [0.2, 0.25) is 0 Å². The number of carbonyl (C=O) groups excluding carboxylic acids is 1. The van der Waals surface area contributed by atoms with Crippen LogP contribution in [0.1, 0.15) is 37.0 Å². The van der Waals surface area contributed by atoms with E-state index in [1.807, 2.05) is 38.1 Å². The zero-order valence-corrected chi connectivity index (χ0v) is 23.6. The molecule has 0 aliphatic carbocycles. The van der Waals surface area contributed by atoms with E-state index in [0.717, 1.165) is 0 Å². The van der Waals surface area contributed by atoms with E-state index in [4.69, 9.17) is 9.47 Å². The zero-order valence-electron chi connectivity index (χ0n) is 23.6. The Balaban J connectivity index is 1.66. The molecule has 5 aromatic rings. The van der Waals surface area contributed by atoms with E-state index >= 15 is 4.39 Å². The lowest BCUT2D eigenvalue weighted by Crippen LogP contribution is -2.40. The molecule has 0 fully saturated rings. The molecule has 1 aliphatic rings. The number of hydrogen-bond donors (Lipinski definition) is 2. The lowest BCUT2D eigenvalue weighted by atomic mass is 10.00. The molecule has 0 spiro atoms. The second-order valence-corrected chi connectivity index (χ2v) is 10.5. The number of hydrogen-bond acceptors (Lipinski definition) is 7. The van der Waals surface area contributed by atoms with E-state index in [1.165, 1.54) is 6.07 Å². The molecule has 11 nitrogen and oxygen atoms in total. The maximum atomic E-state index is 15.6. The van der Waals surface area contributed by atoms with Crippen molar-refractivity contribution < 1.29 is 23.8 Å². The number of aliphatic hydroxyl groups is 1. The molecule has 1 amide bonds. The first-order valence-electron chi connectivity index (χ1n) is 13.6. The summed E-state index contributed by atoms with van der Waals surface area (Å²) in [6.45, 7) is 6.48. The van der Waals surface area contributed by atoms with Crippen molar-refractivity contribution in [2.75, 3.05) is 20.2 Å². The summed E-state index contributed by atoms with van der Waals surface area (Å²) in [5.41, 5.74) is 4.27. The van der Waals surface area contributed by atoms with E-state index < -0.39 is 18.0 Å². The van der Waals surface area contributed by atoms with Gasteiger partial charge in [0.25, 0.3) is 5.91 Å². The number of nitrogens with one attached hydrogen (secondary N) is 1. The summed E-state index contributed by atoms with van der Waals surface area (Å²) in [4.78, 5) is 15.8. The summed E-state index contributed by atoms with van der Waals surface area (Å²) >= 11 is 0. The number of aromatic amines is 1. The van der Waals surface area contributed by atoms with E-state index in [9.17, 15) is 9.90 Å². The van der Waals surface area contributed by atoms with Gasteiger partial charge in [-0.15, -0.1) is 0 Å². The average molecular weight is 562 g/mol. The number of methoxy groups -OCH3 is 1. The highest BCUT2D eigenvalue weighted by molar-refractivity contribution is 6.07. The normalized spacial score (nSPS) is 16.3. The van der Waals surface area contributed by atoms with Crippen molar-refractivity contribution in [3.8, 4) is 28.3 Å². The standard InChI is InChI=1S/C29H32FN7O4/c1-6-36-13-16(3)41-29-24(23(14-40-5)33-35(29)4)18-10-20-25(31-32-26(20)21(30)11-18)17-7-8-22-19(9-17)27(28(36)39)37(34-22)12-15(2)38/h7-11,15-16,38H,6,12-14H2,1-5H3,(H,31,32)/t15-,16-/m0/s1. The average Bonchev–Trinajstić information content (AvgIpc) is 3.59. The van der Waals surface area contributed by atoms with Crippen LogP contribution in [0.3, 0.4) is 0 Å². The number of fused-ring (bicyclic) bond motifs is 5. The third kappa shape index (κ3) is 4.52. The highest BCUT2D eigenvalue weighted by atomic mass is 19.1. The number of halogens is 1. The second-order valence-electron chi connectivity index (χ2n) is 10.5. The molecule has 4 bridgehead atoms. The molecule has 6 rings (SSSR count). The number of ether oxygens (including phenoxy) is 2. The van der Waals surface area contributed by atoms with Gasteiger partial charge in [-0.2, -0.15) is 15.3 Å². The monoisotopic (exact) mass is 561 g/mol. The van der Waals surface area contributed by atoms with Gasteiger partial charge in [-0.05, 0) is 50.6 Å². The van der Waals surface area contributed by atoms with Crippen molar-refractivity contribution in [1.82, 2.24) is 34.7 Å². The van der Waals surface area contributed by atoms with Crippen molar-refractivity contribution in [1.29, 1.82) is 0 Å². The minimum atomic E-state index is -0.718. The Hall–Kier alpha value is -4.29. The van der Waals surface area contributed by atoms with Gasteiger partial charge in [-0.25, -0.2) is 9.07 Å². The number of amides is 1. The Morgan fingerprint density at radius 2 is 2.00 bits per heavy atom. The molecular weight excluding hydrogens is 529 g/mol. The molecule has 4 heterocycles. The van der Waals surface area contributed by atoms with Crippen LogP contribution in [0.15, 0.2) is 30.3 Å². The van der Waals surface area contributed by atoms with Gasteiger partial charge in [0.1, 0.15) is 17.3 Å². The number of aliphatic hydroxyl groups excluding tert-OH is 1. The van der Waals surface area contributed by atoms with Crippen LogP contribution in [0.4, 0.5) is 4.39 Å². The third-order valence-electron chi connectivity index (χ3n) is 7.37. The summed E-state index contributed by atoms with van der Waals surface area (Å²) in [7, 11) is 3.34. The van der Waals surface area contributed by atoms with Crippen LogP contribution >= 0.6 is 0 Å². The van der Waals surface area contributed by atoms with Gasteiger partial charge < -0.3 is 19.5 Å². The first kappa shape index (κ1) is 26.9. The Morgan fingerprint density at radius 3 is 2.73 bits per heavy atom. The smallest absolute Gasteiger partial charge is 0.272 e. The molecule has 41 heavy (non-hydrogen) atoms. The fourth-order valence-electron chi connectivity index (χ4n) is 5.60. The van der Waals surface area contributed by atoms with E-state index in [1.54, 1.807) is 35.3 Å². The number of likely N-dealkylation sites (N-methyl/N-ethyl adjacent to an activating group) is 1. The number of benzene rings is 2. The topological polar surface area (TPSA) is 123 Å². The fraction of sp³-hybridized carbons (Fsp3) is 0.379. The molecule has 0 saturated heterocycles. The first-order valence-corrected chi connectivity index (χ1v) is 13.6. The largest absolute Gasteiger partial charge is 0.472 e. The minimum absolute atomic E-state index is 0.150. The van der Waals surface area contributed by atoms with Crippen molar-refractivity contribution in [2.24, 2.45) is 7.05 Å². The van der Waals surface area contributed by atoms with Crippen LogP contribution in [0.25, 0.3) is 44.2 Å². The lowest BCUT2D eigenvalue weighted by Gasteiger charge is -2.26. The predicted molar refractivity (Wildman–Crippen MR) is 151 cm³/mol. The van der Waals surface area contributed by atoms with E-state index in [-0.39, 0.29) is 31.1 Å². The summed E-state index contributed by atoms with van der Waals surface area (Å²) in [6.07, 6.45) is -1.16. The minimum Gasteiger partial charge on any atom is -0.472 e. The summed E-state index contributed by atoms with van der Waals surface area (Å²) < 4.78 is 30.6. The molecule has 0 saturated carbocycles.